The smallest absolute Gasteiger partial charge is 0.218 e. The van der Waals surface area contributed by atoms with Crippen LogP contribution >= 0.6 is 35.8 Å². The quantitative estimate of drug-likeness (QED) is 0.252. The van der Waals surface area contributed by atoms with Crippen LogP contribution in [0.5, 0.6) is 0 Å². The summed E-state index contributed by atoms with van der Waals surface area (Å²) >= 11 is 15.1. The predicted octanol–water partition coefficient (Wildman–Crippen LogP) is 0.722. The van der Waals surface area contributed by atoms with E-state index in [2.05, 4.69) is 32.6 Å². The van der Waals surface area contributed by atoms with E-state index in [1.807, 2.05) is 0 Å². The Morgan fingerprint density at radius 2 is 2.44 bits per heavy atom. The fraction of sp³-hybridized carbons (Fsp3) is 0.286. The van der Waals surface area contributed by atoms with Crippen molar-refractivity contribution in [1.29, 1.82) is 0 Å². The maximum atomic E-state index is 11.4. The number of nitrogens with zero attached hydrogens (tertiary/aromatic N) is 4. The molecule has 1 aliphatic heterocycles. The van der Waals surface area contributed by atoms with Gasteiger partial charge >= 0.3 is 5.91 Å². The summed E-state index contributed by atoms with van der Waals surface area (Å²) in [5, 5.41) is 2.38. The van der Waals surface area contributed by atoms with Crippen LogP contribution in [0.3, 0.4) is 0 Å². The molecule has 1 heterocycles. The minimum Gasteiger partial charge on any atom is -0.218 e. The number of aliphatic imine (C=N–C) groups is 1. The molecule has 84 valence electrons. The highest BCUT2D eigenvalue weighted by Crippen LogP contribution is 2.12. The summed E-state index contributed by atoms with van der Waals surface area (Å²) in [5.41, 5.74) is 8.52. The van der Waals surface area contributed by atoms with Crippen LogP contribution in [-0.2, 0) is 4.79 Å². The second-order valence-corrected chi connectivity index (χ2v) is 3.91. The van der Waals surface area contributed by atoms with Gasteiger partial charge in [-0.2, -0.15) is 17.6 Å². The van der Waals surface area contributed by atoms with Crippen LogP contribution < -0.4 is 4.99 Å². The molecular formula is C7H6Cl2N5OS+. The van der Waals surface area contributed by atoms with Crippen LogP contribution in [-0.4, -0.2) is 22.2 Å². The molecule has 0 spiro atoms. The van der Waals surface area contributed by atoms with E-state index in [9.17, 15) is 4.79 Å². The Bertz CT molecular complexity index is 452. The summed E-state index contributed by atoms with van der Waals surface area (Å²) in [6.07, 6.45) is 1.94. The van der Waals surface area contributed by atoms with Crippen molar-refractivity contribution < 1.29 is 9.79 Å². The number of carbonyl (C=O) groups is 1. The number of allylic oxidation sites excluding steroid dienone is 1. The highest BCUT2D eigenvalue weighted by Gasteiger charge is 2.23. The lowest BCUT2D eigenvalue weighted by Gasteiger charge is -2.01. The average molecular weight is 279 g/mol. The first-order valence-corrected chi connectivity index (χ1v) is 5.31. The van der Waals surface area contributed by atoms with E-state index < -0.39 is 11.3 Å². The normalized spacial score (nSPS) is 19.6. The van der Waals surface area contributed by atoms with E-state index >= 15 is 0 Å². The standard InChI is InChI=1S/C7H5Cl2N5OS/c8-4-2-1-3(5(9)12-4)11-6(15)7(16)13-14-10/h2,7,16H,1H2/p+1. The number of thiol groups is 1. The highest BCUT2D eigenvalue weighted by atomic mass is 35.5. The van der Waals surface area contributed by atoms with Gasteiger partial charge in [0.2, 0.25) is 11.1 Å². The van der Waals surface area contributed by atoms with Crippen molar-refractivity contribution in [3.8, 4) is 0 Å². The maximum absolute atomic E-state index is 11.4. The molecule has 1 amide bonds. The zero-order valence-electron chi connectivity index (χ0n) is 7.76. The predicted molar refractivity (Wildman–Crippen MR) is 64.7 cm³/mol. The number of hydrogen-bond acceptors (Lipinski definition) is 4. The fourth-order valence-electron chi connectivity index (χ4n) is 0.895. The Morgan fingerprint density at radius 3 is 3.00 bits per heavy atom. The number of nitrogens with one attached hydrogen (secondary N) is 1. The van der Waals surface area contributed by atoms with Gasteiger partial charge in [-0.1, -0.05) is 28.3 Å². The maximum Gasteiger partial charge on any atom is 0.404 e. The van der Waals surface area contributed by atoms with Crippen molar-refractivity contribution in [1.82, 2.24) is 0 Å². The number of carbonyl (C=O) groups excluding carboxylic acids is 1. The van der Waals surface area contributed by atoms with Gasteiger partial charge in [0, 0.05) is 4.91 Å². The monoisotopic (exact) mass is 278 g/mol. The molecule has 16 heavy (non-hydrogen) atoms. The van der Waals surface area contributed by atoms with E-state index in [1.54, 1.807) is 6.08 Å². The molecule has 1 aliphatic rings. The molecule has 0 aromatic heterocycles. The first kappa shape index (κ1) is 13.1. The molecule has 0 saturated heterocycles. The van der Waals surface area contributed by atoms with Gasteiger partial charge in [-0.25, -0.2) is 9.79 Å². The zero-order valence-corrected chi connectivity index (χ0v) is 10.2. The summed E-state index contributed by atoms with van der Waals surface area (Å²) in [4.78, 5) is 20.0. The first-order valence-electron chi connectivity index (χ1n) is 4.03. The molecule has 1 atom stereocenters. The van der Waals surface area contributed by atoms with E-state index in [0.717, 1.165) is 0 Å². The molecule has 9 heteroatoms. The lowest BCUT2D eigenvalue weighted by molar-refractivity contribution is -0.376. The van der Waals surface area contributed by atoms with Crippen molar-refractivity contribution in [3.63, 3.8) is 0 Å². The van der Waals surface area contributed by atoms with E-state index in [-0.39, 0.29) is 10.3 Å². The van der Waals surface area contributed by atoms with Crippen LogP contribution in [0.1, 0.15) is 6.42 Å². The molecule has 0 aromatic rings. The Hall–Kier alpha value is -1.01. The summed E-state index contributed by atoms with van der Waals surface area (Å²) in [5.74, 6) is -0.573. The van der Waals surface area contributed by atoms with Gasteiger partial charge in [0.1, 0.15) is 5.16 Å². The number of amides is 1. The minimum absolute atomic E-state index is 0.0994. The lowest BCUT2D eigenvalue weighted by Crippen LogP contribution is -2.80. The number of halogens is 2. The van der Waals surface area contributed by atoms with Gasteiger partial charge in [0.25, 0.3) is 0 Å². The second-order valence-electron chi connectivity index (χ2n) is 2.68. The Morgan fingerprint density at radius 1 is 1.75 bits per heavy atom. The van der Waals surface area contributed by atoms with Crippen molar-refractivity contribution in [2.24, 2.45) is 10.1 Å². The molecule has 0 bridgehead atoms. The van der Waals surface area contributed by atoms with E-state index in [4.69, 9.17) is 28.7 Å². The third kappa shape index (κ3) is 3.53. The van der Waals surface area contributed by atoms with Crippen molar-refractivity contribution in [2.75, 3.05) is 0 Å². The van der Waals surface area contributed by atoms with Crippen molar-refractivity contribution in [3.05, 3.63) is 21.7 Å². The van der Waals surface area contributed by atoms with Gasteiger partial charge in [0.05, 0.1) is 6.42 Å². The number of rotatable bonds is 2. The summed E-state index contributed by atoms with van der Waals surface area (Å²) < 4.78 is 0. The van der Waals surface area contributed by atoms with Gasteiger partial charge in [0.15, 0.2) is 5.17 Å². The van der Waals surface area contributed by atoms with E-state index in [0.29, 0.717) is 12.1 Å². The average Bonchev–Trinajstić information content (AvgIpc) is 2.22. The van der Waals surface area contributed by atoms with E-state index in [1.165, 1.54) is 0 Å². The molecular weight excluding hydrogens is 273 g/mol. The molecule has 0 aliphatic carbocycles. The summed E-state index contributed by atoms with van der Waals surface area (Å²) in [7, 11) is 0. The topological polar surface area (TPSA) is 92.2 Å². The molecule has 0 aromatic carbocycles. The van der Waals surface area contributed by atoms with Crippen LogP contribution in [0.2, 0.25) is 0 Å². The van der Waals surface area contributed by atoms with Gasteiger partial charge < -0.3 is 0 Å². The first-order chi connectivity index (χ1) is 7.54. The molecule has 6 nitrogen and oxygen atoms in total. The Balaban J connectivity index is 2.84. The van der Waals surface area contributed by atoms with Crippen molar-refractivity contribution in [2.45, 2.75) is 11.8 Å². The van der Waals surface area contributed by atoms with Crippen LogP contribution in [0.4, 0.5) is 0 Å². The third-order valence-electron chi connectivity index (χ3n) is 1.60. The SMILES string of the molecule is [N-]=[N+]=NC(S)C(=O)[NH+]=C1CC=C(Cl)N=C1Cl. The molecule has 0 fully saturated rings. The zero-order chi connectivity index (χ0) is 12.1. The molecule has 1 unspecified atom stereocenters. The van der Waals surface area contributed by atoms with Gasteiger partial charge in [-0.05, 0) is 11.6 Å². The molecule has 0 radical (unpaired) electrons. The Labute approximate surface area is 106 Å². The van der Waals surface area contributed by atoms with Crippen LogP contribution in [0.25, 0.3) is 10.4 Å². The minimum atomic E-state index is -1.11. The molecule has 1 N–H and O–H groups in total. The molecule has 0 saturated carbocycles. The van der Waals surface area contributed by atoms with Gasteiger partial charge in [-0.3, -0.25) is 0 Å². The van der Waals surface area contributed by atoms with Crippen LogP contribution in [0.15, 0.2) is 21.3 Å². The van der Waals surface area contributed by atoms with Crippen molar-refractivity contribution >= 4 is 52.6 Å². The highest BCUT2D eigenvalue weighted by molar-refractivity contribution is 7.81. The molecule has 1 rings (SSSR count). The largest absolute Gasteiger partial charge is 0.404 e. The second kappa shape index (κ2) is 5.91. The summed E-state index contributed by atoms with van der Waals surface area (Å²) in [6, 6.07) is 0. The third-order valence-corrected chi connectivity index (χ3v) is 2.49. The number of hydrogen-bond donors (Lipinski definition) is 2. The summed E-state index contributed by atoms with van der Waals surface area (Å²) in [6.45, 7) is 0. The fourth-order valence-corrected chi connectivity index (χ4v) is 1.43. The van der Waals surface area contributed by atoms with Crippen LogP contribution in [0, 0.1) is 0 Å². The number of azide groups is 1. The Kier molecular flexibility index (Phi) is 4.82. The lowest BCUT2D eigenvalue weighted by atomic mass is 10.2. The van der Waals surface area contributed by atoms with Gasteiger partial charge in [-0.15, -0.1) is 0 Å².